The summed E-state index contributed by atoms with van der Waals surface area (Å²) in [6, 6.07) is 7.64. The van der Waals surface area contributed by atoms with E-state index in [9.17, 15) is 0 Å². The number of nitrogens with zero attached hydrogens (tertiary/aromatic N) is 1. The van der Waals surface area contributed by atoms with Crippen molar-refractivity contribution in [2.45, 2.75) is 20.3 Å². The Bertz CT molecular complexity index is 441. The summed E-state index contributed by atoms with van der Waals surface area (Å²) in [5.41, 5.74) is 2.38. The van der Waals surface area contributed by atoms with E-state index in [0.717, 1.165) is 11.1 Å². The minimum absolute atomic E-state index is 0.488. The van der Waals surface area contributed by atoms with Crippen LogP contribution in [0.25, 0.3) is 5.03 Å². The monoisotopic (exact) mass is 239 g/mol. The van der Waals surface area contributed by atoms with Gasteiger partial charge in [-0.2, -0.15) is 5.26 Å². The molecule has 0 saturated heterocycles. The van der Waals surface area contributed by atoms with Gasteiger partial charge in [0.05, 0.1) is 11.1 Å². The number of benzene rings is 1. The second-order valence-electron chi connectivity index (χ2n) is 3.22. The molecular formula is C12H11Cl2N. The Hall–Kier alpha value is -0.970. The Kier molecular flexibility index (Phi) is 4.20. The summed E-state index contributed by atoms with van der Waals surface area (Å²) in [5, 5.41) is 10.0. The molecule has 0 unspecified atom stereocenters. The van der Waals surface area contributed by atoms with Crippen molar-refractivity contribution in [1.82, 2.24) is 0 Å². The lowest BCUT2D eigenvalue weighted by Gasteiger charge is -2.04. The number of nitriles is 1. The lowest BCUT2D eigenvalue weighted by Crippen LogP contribution is -1.85. The molecule has 0 bridgehead atoms. The Balaban J connectivity index is 3.24. The van der Waals surface area contributed by atoms with Gasteiger partial charge in [0.15, 0.2) is 0 Å². The van der Waals surface area contributed by atoms with Crippen molar-refractivity contribution in [2.24, 2.45) is 0 Å². The SMILES string of the molecule is CCC(C#N)=C(Cl)c1ccc(C)c(Cl)c1. The lowest BCUT2D eigenvalue weighted by molar-refractivity contribution is 1.16. The van der Waals surface area contributed by atoms with E-state index in [-0.39, 0.29) is 0 Å². The van der Waals surface area contributed by atoms with Gasteiger partial charge in [-0.15, -0.1) is 0 Å². The maximum absolute atomic E-state index is 8.86. The van der Waals surface area contributed by atoms with Crippen LogP contribution in [0.1, 0.15) is 24.5 Å². The highest BCUT2D eigenvalue weighted by molar-refractivity contribution is 6.49. The molecule has 0 aliphatic rings. The topological polar surface area (TPSA) is 23.8 Å². The zero-order valence-electron chi connectivity index (χ0n) is 8.64. The van der Waals surface area contributed by atoms with E-state index in [2.05, 4.69) is 6.07 Å². The average Bonchev–Trinajstić information content (AvgIpc) is 2.23. The van der Waals surface area contributed by atoms with Crippen molar-refractivity contribution >= 4 is 28.2 Å². The smallest absolute Gasteiger partial charge is 0.0962 e. The molecule has 0 spiro atoms. The number of aryl methyl sites for hydroxylation is 1. The molecular weight excluding hydrogens is 229 g/mol. The first-order valence-corrected chi connectivity index (χ1v) is 5.41. The highest BCUT2D eigenvalue weighted by Gasteiger charge is 2.06. The summed E-state index contributed by atoms with van der Waals surface area (Å²) in [6.45, 7) is 3.82. The summed E-state index contributed by atoms with van der Waals surface area (Å²) < 4.78 is 0. The molecule has 0 aromatic heterocycles. The van der Waals surface area contributed by atoms with Gasteiger partial charge in [-0.1, -0.05) is 42.3 Å². The van der Waals surface area contributed by atoms with Gasteiger partial charge in [-0.25, -0.2) is 0 Å². The van der Waals surface area contributed by atoms with Gasteiger partial charge in [-0.3, -0.25) is 0 Å². The Labute approximate surface area is 99.9 Å². The van der Waals surface area contributed by atoms with Gasteiger partial charge < -0.3 is 0 Å². The summed E-state index contributed by atoms with van der Waals surface area (Å²) >= 11 is 12.1. The van der Waals surface area contributed by atoms with Gasteiger partial charge in [0.2, 0.25) is 0 Å². The maximum Gasteiger partial charge on any atom is 0.0962 e. The van der Waals surface area contributed by atoms with Crippen molar-refractivity contribution in [3.63, 3.8) is 0 Å². The van der Waals surface area contributed by atoms with Crippen LogP contribution in [0.5, 0.6) is 0 Å². The molecule has 0 aliphatic carbocycles. The molecule has 0 aliphatic heterocycles. The molecule has 0 atom stereocenters. The van der Waals surface area contributed by atoms with Crippen molar-refractivity contribution in [1.29, 1.82) is 5.26 Å². The molecule has 3 heteroatoms. The maximum atomic E-state index is 8.86. The summed E-state index contributed by atoms with van der Waals surface area (Å²) in [7, 11) is 0. The summed E-state index contributed by atoms with van der Waals surface area (Å²) in [5.74, 6) is 0. The predicted molar refractivity (Wildman–Crippen MR) is 64.9 cm³/mol. The minimum Gasteiger partial charge on any atom is -0.193 e. The zero-order valence-corrected chi connectivity index (χ0v) is 10.2. The number of rotatable bonds is 2. The molecule has 1 aromatic carbocycles. The molecule has 0 heterocycles. The van der Waals surface area contributed by atoms with E-state index in [1.54, 1.807) is 6.07 Å². The summed E-state index contributed by atoms with van der Waals surface area (Å²) in [4.78, 5) is 0. The first kappa shape index (κ1) is 12.1. The highest BCUT2D eigenvalue weighted by Crippen LogP contribution is 2.28. The van der Waals surface area contributed by atoms with Crippen LogP contribution in [0.2, 0.25) is 5.02 Å². The molecule has 0 N–H and O–H groups in total. The molecule has 78 valence electrons. The van der Waals surface area contributed by atoms with Crippen LogP contribution in [0, 0.1) is 18.3 Å². The first-order chi connectivity index (χ1) is 7.10. The Morgan fingerprint density at radius 1 is 1.47 bits per heavy atom. The second-order valence-corrected chi connectivity index (χ2v) is 4.01. The number of allylic oxidation sites excluding steroid dienone is 1. The molecule has 0 radical (unpaired) electrons. The van der Waals surface area contributed by atoms with Crippen molar-refractivity contribution in [3.8, 4) is 6.07 Å². The summed E-state index contributed by atoms with van der Waals surface area (Å²) in [6.07, 6.45) is 0.626. The normalized spacial score (nSPS) is 11.9. The average molecular weight is 240 g/mol. The molecule has 0 fully saturated rings. The molecule has 1 aromatic rings. The van der Waals surface area contributed by atoms with Crippen molar-refractivity contribution in [2.75, 3.05) is 0 Å². The van der Waals surface area contributed by atoms with Crippen LogP contribution in [0.4, 0.5) is 0 Å². The van der Waals surface area contributed by atoms with E-state index in [0.29, 0.717) is 22.0 Å². The molecule has 1 nitrogen and oxygen atoms in total. The lowest BCUT2D eigenvalue weighted by atomic mass is 10.1. The third kappa shape index (κ3) is 2.75. The van der Waals surface area contributed by atoms with Crippen molar-refractivity contribution < 1.29 is 0 Å². The fourth-order valence-corrected chi connectivity index (χ4v) is 1.66. The number of halogens is 2. The molecule has 0 amide bonds. The molecule has 0 saturated carbocycles. The van der Waals surface area contributed by atoms with Crippen LogP contribution in [-0.4, -0.2) is 0 Å². The minimum atomic E-state index is 0.488. The quantitative estimate of drug-likeness (QED) is 0.696. The second kappa shape index (κ2) is 5.21. The van der Waals surface area contributed by atoms with Crippen LogP contribution < -0.4 is 0 Å². The fourth-order valence-electron chi connectivity index (χ4n) is 1.19. The highest BCUT2D eigenvalue weighted by atomic mass is 35.5. The fraction of sp³-hybridized carbons (Fsp3) is 0.250. The zero-order chi connectivity index (χ0) is 11.4. The third-order valence-electron chi connectivity index (χ3n) is 2.18. The molecule has 15 heavy (non-hydrogen) atoms. The van der Waals surface area contributed by atoms with E-state index >= 15 is 0 Å². The standard InChI is InChI=1S/C12H11Cl2N/c1-3-9(7-15)12(14)10-5-4-8(2)11(13)6-10/h4-6H,3H2,1-2H3. The third-order valence-corrected chi connectivity index (χ3v) is 3.03. The van der Waals surface area contributed by atoms with Gasteiger partial charge >= 0.3 is 0 Å². The largest absolute Gasteiger partial charge is 0.193 e. The Morgan fingerprint density at radius 2 is 2.13 bits per heavy atom. The van der Waals surface area contributed by atoms with E-state index < -0.39 is 0 Å². The number of hydrogen-bond acceptors (Lipinski definition) is 1. The first-order valence-electron chi connectivity index (χ1n) is 4.65. The van der Waals surface area contributed by atoms with E-state index in [4.69, 9.17) is 28.5 Å². The molecule has 1 rings (SSSR count). The van der Waals surface area contributed by atoms with Gasteiger partial charge in [0.25, 0.3) is 0 Å². The van der Waals surface area contributed by atoms with Gasteiger partial charge in [-0.05, 0) is 30.5 Å². The number of hydrogen-bond donors (Lipinski definition) is 0. The van der Waals surface area contributed by atoms with E-state index in [1.165, 1.54) is 0 Å². The van der Waals surface area contributed by atoms with Gasteiger partial charge in [0.1, 0.15) is 0 Å². The Morgan fingerprint density at radius 3 is 2.60 bits per heavy atom. The van der Waals surface area contributed by atoms with Crippen LogP contribution in [-0.2, 0) is 0 Å². The van der Waals surface area contributed by atoms with Crippen LogP contribution in [0.3, 0.4) is 0 Å². The van der Waals surface area contributed by atoms with E-state index in [1.807, 2.05) is 26.0 Å². The van der Waals surface area contributed by atoms with Gasteiger partial charge in [0, 0.05) is 10.6 Å². The predicted octanol–water partition coefficient (Wildman–Crippen LogP) is 4.53. The van der Waals surface area contributed by atoms with Crippen LogP contribution in [0.15, 0.2) is 23.8 Å². The van der Waals surface area contributed by atoms with Crippen LogP contribution >= 0.6 is 23.2 Å². The van der Waals surface area contributed by atoms with Crippen molar-refractivity contribution in [3.05, 3.63) is 39.9 Å².